The lowest BCUT2D eigenvalue weighted by Gasteiger charge is -2.22. The zero-order valence-corrected chi connectivity index (χ0v) is 17.4. The number of benzene rings is 3. The van der Waals surface area contributed by atoms with E-state index in [-0.39, 0.29) is 29.1 Å². The van der Waals surface area contributed by atoms with Crippen LogP contribution in [0.15, 0.2) is 78.5 Å². The molecule has 1 aliphatic heterocycles. The summed E-state index contributed by atoms with van der Waals surface area (Å²) in [7, 11) is 1.60. The molecular formula is C24H17F2N3O4. The monoisotopic (exact) mass is 449 g/mol. The molecule has 0 saturated carbocycles. The van der Waals surface area contributed by atoms with Gasteiger partial charge in [-0.3, -0.25) is 19.7 Å². The smallest absolute Gasteiger partial charge is 0.282 e. The standard InChI is InChI=1S/C24H17F2N3O4/c1-27(14-15-5-3-2-4-6-15)22-21(16-7-10-18(11-8-16)29(32)33)23(30)28(24(22)31)20-13-17(25)9-12-19(20)26/h2-13H,14H2,1H3. The van der Waals surface area contributed by atoms with Gasteiger partial charge in [-0.05, 0) is 35.4 Å². The highest BCUT2D eigenvalue weighted by Crippen LogP contribution is 2.36. The largest absolute Gasteiger partial charge is 0.365 e. The van der Waals surface area contributed by atoms with Crippen LogP contribution >= 0.6 is 0 Å². The average Bonchev–Trinajstić information content (AvgIpc) is 3.06. The van der Waals surface area contributed by atoms with E-state index < -0.39 is 34.1 Å². The minimum atomic E-state index is -0.937. The van der Waals surface area contributed by atoms with Gasteiger partial charge in [0.05, 0.1) is 16.2 Å². The Labute approximate surface area is 187 Å². The van der Waals surface area contributed by atoms with Crippen LogP contribution < -0.4 is 4.90 Å². The third-order valence-corrected chi connectivity index (χ3v) is 5.22. The summed E-state index contributed by atoms with van der Waals surface area (Å²) >= 11 is 0. The first-order valence-corrected chi connectivity index (χ1v) is 9.86. The summed E-state index contributed by atoms with van der Waals surface area (Å²) < 4.78 is 28.3. The molecule has 0 N–H and O–H groups in total. The molecule has 0 atom stereocenters. The van der Waals surface area contributed by atoms with Gasteiger partial charge in [-0.25, -0.2) is 13.7 Å². The van der Waals surface area contributed by atoms with E-state index in [2.05, 4.69) is 0 Å². The molecule has 0 unspecified atom stereocenters. The van der Waals surface area contributed by atoms with Crippen molar-refractivity contribution < 1.29 is 23.3 Å². The molecule has 0 aliphatic carbocycles. The number of non-ortho nitro benzene ring substituents is 1. The Hall–Kier alpha value is -4.40. The highest BCUT2D eigenvalue weighted by Gasteiger charge is 2.43. The molecule has 9 heteroatoms. The summed E-state index contributed by atoms with van der Waals surface area (Å²) in [5.74, 6) is -3.42. The van der Waals surface area contributed by atoms with Crippen LogP contribution in [0.5, 0.6) is 0 Å². The second kappa shape index (κ2) is 8.62. The Morgan fingerprint density at radius 3 is 2.24 bits per heavy atom. The van der Waals surface area contributed by atoms with Crippen LogP contribution in [0.1, 0.15) is 11.1 Å². The molecule has 7 nitrogen and oxygen atoms in total. The number of carbonyl (C=O) groups is 2. The van der Waals surface area contributed by atoms with Crippen LogP contribution in [0.3, 0.4) is 0 Å². The number of nitro benzene ring substituents is 1. The summed E-state index contributed by atoms with van der Waals surface area (Å²) in [6.07, 6.45) is 0. The van der Waals surface area contributed by atoms with Crippen LogP contribution in [0, 0.1) is 21.7 Å². The lowest BCUT2D eigenvalue weighted by molar-refractivity contribution is -0.384. The van der Waals surface area contributed by atoms with E-state index in [1.807, 2.05) is 30.3 Å². The molecule has 0 bridgehead atoms. The predicted octanol–water partition coefficient (Wildman–Crippen LogP) is 4.29. The summed E-state index contributed by atoms with van der Waals surface area (Å²) in [6.45, 7) is 0.255. The number of nitrogens with zero attached hydrogens (tertiary/aromatic N) is 3. The van der Waals surface area contributed by atoms with Crippen molar-refractivity contribution >= 4 is 28.8 Å². The summed E-state index contributed by atoms with van der Waals surface area (Å²) in [5, 5.41) is 11.0. The van der Waals surface area contributed by atoms with Gasteiger partial charge in [-0.2, -0.15) is 0 Å². The van der Waals surface area contributed by atoms with E-state index in [9.17, 15) is 28.5 Å². The fourth-order valence-electron chi connectivity index (χ4n) is 3.69. The predicted molar refractivity (Wildman–Crippen MR) is 117 cm³/mol. The van der Waals surface area contributed by atoms with E-state index >= 15 is 0 Å². The Bertz CT molecular complexity index is 1290. The Balaban J connectivity index is 1.83. The molecule has 33 heavy (non-hydrogen) atoms. The molecule has 1 aliphatic rings. The van der Waals surface area contributed by atoms with Crippen molar-refractivity contribution in [2.45, 2.75) is 6.54 Å². The van der Waals surface area contributed by atoms with E-state index in [0.717, 1.165) is 23.8 Å². The van der Waals surface area contributed by atoms with Gasteiger partial charge in [0.1, 0.15) is 17.3 Å². The first-order valence-electron chi connectivity index (χ1n) is 9.86. The Kier molecular flexibility index (Phi) is 5.70. The third-order valence-electron chi connectivity index (χ3n) is 5.22. The van der Waals surface area contributed by atoms with Gasteiger partial charge >= 0.3 is 0 Å². The van der Waals surface area contributed by atoms with Crippen molar-refractivity contribution in [1.29, 1.82) is 0 Å². The number of carbonyl (C=O) groups excluding carboxylic acids is 2. The summed E-state index contributed by atoms with van der Waals surface area (Å²) in [6, 6.07) is 16.8. The van der Waals surface area contributed by atoms with E-state index in [1.54, 1.807) is 11.9 Å². The van der Waals surface area contributed by atoms with Gasteiger partial charge in [0.25, 0.3) is 17.5 Å². The number of hydrogen-bond acceptors (Lipinski definition) is 5. The number of rotatable bonds is 6. The van der Waals surface area contributed by atoms with Gasteiger partial charge in [-0.1, -0.05) is 30.3 Å². The first-order chi connectivity index (χ1) is 15.8. The molecule has 3 aromatic rings. The molecule has 0 spiro atoms. The number of hydrogen-bond donors (Lipinski definition) is 0. The maximum absolute atomic E-state index is 14.5. The number of amides is 2. The van der Waals surface area contributed by atoms with Crippen molar-refractivity contribution in [2.24, 2.45) is 0 Å². The minimum Gasteiger partial charge on any atom is -0.365 e. The number of imide groups is 1. The van der Waals surface area contributed by atoms with Crippen LogP contribution in [0.25, 0.3) is 5.57 Å². The molecule has 0 aromatic heterocycles. The highest BCUT2D eigenvalue weighted by molar-refractivity contribution is 6.45. The lowest BCUT2D eigenvalue weighted by atomic mass is 10.0. The van der Waals surface area contributed by atoms with E-state index in [4.69, 9.17) is 0 Å². The molecule has 166 valence electrons. The van der Waals surface area contributed by atoms with Crippen molar-refractivity contribution in [2.75, 3.05) is 11.9 Å². The fourth-order valence-corrected chi connectivity index (χ4v) is 3.69. The summed E-state index contributed by atoms with van der Waals surface area (Å²) in [5.41, 5.74) is 0.314. The van der Waals surface area contributed by atoms with Crippen molar-refractivity contribution in [1.82, 2.24) is 4.90 Å². The maximum Gasteiger partial charge on any atom is 0.282 e. The van der Waals surface area contributed by atoms with Gasteiger partial charge < -0.3 is 4.90 Å². The highest BCUT2D eigenvalue weighted by atomic mass is 19.1. The third kappa shape index (κ3) is 4.08. The van der Waals surface area contributed by atoms with Crippen LogP contribution in [-0.4, -0.2) is 28.7 Å². The first kappa shape index (κ1) is 21.8. The van der Waals surface area contributed by atoms with Crippen LogP contribution in [0.2, 0.25) is 0 Å². The quantitative estimate of drug-likeness (QED) is 0.319. The molecule has 2 amide bonds. The fraction of sp³-hybridized carbons (Fsp3) is 0.0833. The van der Waals surface area contributed by atoms with Gasteiger partial charge in [0.15, 0.2) is 0 Å². The van der Waals surface area contributed by atoms with Crippen molar-refractivity contribution in [3.8, 4) is 0 Å². The minimum absolute atomic E-state index is 0.0265. The average molecular weight is 449 g/mol. The molecule has 3 aromatic carbocycles. The maximum atomic E-state index is 14.5. The number of halogens is 2. The molecule has 4 rings (SSSR count). The van der Waals surface area contributed by atoms with E-state index in [1.165, 1.54) is 24.3 Å². The topological polar surface area (TPSA) is 83.8 Å². The van der Waals surface area contributed by atoms with Gasteiger partial charge in [0, 0.05) is 31.8 Å². The normalized spacial score (nSPS) is 13.6. The lowest BCUT2D eigenvalue weighted by Crippen LogP contribution is -2.34. The summed E-state index contributed by atoms with van der Waals surface area (Å²) in [4.78, 5) is 39.3. The Morgan fingerprint density at radius 2 is 1.61 bits per heavy atom. The SMILES string of the molecule is CN(Cc1ccccc1)C1=C(c2ccc([N+](=O)[O-])cc2)C(=O)N(c2cc(F)ccc2F)C1=O. The second-order valence-electron chi connectivity index (χ2n) is 7.41. The molecular weight excluding hydrogens is 432 g/mol. The number of likely N-dealkylation sites (N-methyl/N-ethyl adjacent to an activating group) is 1. The molecule has 0 radical (unpaired) electrons. The van der Waals surface area contributed by atoms with Gasteiger partial charge in [-0.15, -0.1) is 0 Å². The zero-order valence-electron chi connectivity index (χ0n) is 17.4. The van der Waals surface area contributed by atoms with E-state index in [0.29, 0.717) is 4.90 Å². The zero-order chi connectivity index (χ0) is 23.7. The van der Waals surface area contributed by atoms with Crippen molar-refractivity contribution in [3.05, 3.63) is 111 Å². The number of anilines is 1. The Morgan fingerprint density at radius 1 is 0.939 bits per heavy atom. The second-order valence-corrected chi connectivity index (χ2v) is 7.41. The molecule has 0 fully saturated rings. The van der Waals surface area contributed by atoms with Crippen molar-refractivity contribution in [3.63, 3.8) is 0 Å². The van der Waals surface area contributed by atoms with Crippen LogP contribution in [0.4, 0.5) is 20.2 Å². The van der Waals surface area contributed by atoms with Crippen LogP contribution in [-0.2, 0) is 16.1 Å². The molecule has 0 saturated heterocycles. The number of nitro groups is 1. The van der Waals surface area contributed by atoms with Gasteiger partial charge in [0.2, 0.25) is 0 Å². The molecule has 1 heterocycles.